The number of aliphatic hydroxyl groups excluding tert-OH is 2. The van der Waals surface area contributed by atoms with Gasteiger partial charge in [0.2, 0.25) is 5.91 Å². The van der Waals surface area contributed by atoms with Gasteiger partial charge in [-0.15, -0.1) is 0 Å². The highest BCUT2D eigenvalue weighted by molar-refractivity contribution is 5.76. The van der Waals surface area contributed by atoms with Gasteiger partial charge in [0.25, 0.3) is 0 Å². The van der Waals surface area contributed by atoms with Crippen LogP contribution in [0.15, 0.2) is 60.8 Å². The van der Waals surface area contributed by atoms with E-state index in [0.29, 0.717) is 19.4 Å². The molecule has 3 N–H and O–H groups in total. The summed E-state index contributed by atoms with van der Waals surface area (Å²) < 4.78 is 5.45. The van der Waals surface area contributed by atoms with Gasteiger partial charge in [-0.3, -0.25) is 9.59 Å². The van der Waals surface area contributed by atoms with Crippen molar-refractivity contribution in [1.82, 2.24) is 5.32 Å². The number of amides is 1. The molecular weight excluding hydrogens is 743 g/mol. The van der Waals surface area contributed by atoms with Crippen LogP contribution < -0.4 is 5.32 Å². The van der Waals surface area contributed by atoms with Crippen molar-refractivity contribution in [2.75, 3.05) is 13.2 Å². The molecule has 60 heavy (non-hydrogen) atoms. The first-order valence-electron chi connectivity index (χ1n) is 25.6. The monoisotopic (exact) mass is 840 g/mol. The summed E-state index contributed by atoms with van der Waals surface area (Å²) in [4.78, 5) is 24.4. The highest BCUT2D eigenvalue weighted by atomic mass is 16.5. The zero-order chi connectivity index (χ0) is 43.7. The van der Waals surface area contributed by atoms with Gasteiger partial charge in [-0.25, -0.2) is 0 Å². The number of aliphatic hydroxyl groups is 2. The van der Waals surface area contributed by atoms with Crippen LogP contribution in [0.3, 0.4) is 0 Å². The Hall–Kier alpha value is -2.44. The Morgan fingerprint density at radius 2 is 0.833 bits per heavy atom. The molecule has 0 radical (unpaired) electrons. The van der Waals surface area contributed by atoms with Gasteiger partial charge in [-0.1, -0.05) is 190 Å². The van der Waals surface area contributed by atoms with Crippen molar-refractivity contribution in [3.05, 3.63) is 60.8 Å². The average Bonchev–Trinajstić information content (AvgIpc) is 3.25. The lowest BCUT2D eigenvalue weighted by Gasteiger charge is -2.20. The number of allylic oxidation sites excluding steroid dienone is 9. The van der Waals surface area contributed by atoms with E-state index in [1.807, 2.05) is 6.08 Å². The van der Waals surface area contributed by atoms with Crippen LogP contribution in [-0.4, -0.2) is 47.4 Å². The Morgan fingerprint density at radius 3 is 1.30 bits per heavy atom. The maximum absolute atomic E-state index is 12.4. The van der Waals surface area contributed by atoms with Crippen molar-refractivity contribution in [2.45, 2.75) is 257 Å². The molecule has 6 heteroatoms. The van der Waals surface area contributed by atoms with Crippen molar-refractivity contribution in [1.29, 1.82) is 0 Å². The first kappa shape index (κ1) is 57.6. The largest absolute Gasteiger partial charge is 0.466 e. The van der Waals surface area contributed by atoms with Crippen molar-refractivity contribution in [3.8, 4) is 0 Å². The summed E-state index contributed by atoms with van der Waals surface area (Å²) in [6, 6.07) is -0.639. The van der Waals surface area contributed by atoms with Crippen LogP contribution in [0.25, 0.3) is 0 Å². The predicted octanol–water partition coefficient (Wildman–Crippen LogP) is 15.2. The fourth-order valence-corrected chi connectivity index (χ4v) is 7.28. The molecule has 0 bridgehead atoms. The molecule has 6 nitrogen and oxygen atoms in total. The van der Waals surface area contributed by atoms with Gasteiger partial charge < -0.3 is 20.3 Å². The number of ether oxygens (including phenoxy) is 1. The number of esters is 1. The third kappa shape index (κ3) is 45.1. The predicted molar refractivity (Wildman–Crippen MR) is 259 cm³/mol. The normalized spacial score (nSPS) is 13.2. The lowest BCUT2D eigenvalue weighted by molar-refractivity contribution is -0.143. The van der Waals surface area contributed by atoms with E-state index in [0.717, 1.165) is 89.9 Å². The van der Waals surface area contributed by atoms with Gasteiger partial charge in [0, 0.05) is 12.8 Å². The molecule has 0 aromatic heterocycles. The van der Waals surface area contributed by atoms with E-state index in [9.17, 15) is 19.8 Å². The first-order chi connectivity index (χ1) is 29.5. The number of hydrogen-bond acceptors (Lipinski definition) is 5. The first-order valence-corrected chi connectivity index (χ1v) is 25.6. The van der Waals surface area contributed by atoms with Crippen molar-refractivity contribution >= 4 is 11.9 Å². The number of rotatable bonds is 46. The second-order valence-corrected chi connectivity index (χ2v) is 17.1. The molecule has 0 spiro atoms. The number of nitrogens with one attached hydrogen (secondary N) is 1. The van der Waals surface area contributed by atoms with Crippen LogP contribution in [0.2, 0.25) is 0 Å². The molecule has 0 aromatic carbocycles. The number of carbonyl (C=O) groups excluding carboxylic acids is 2. The van der Waals surface area contributed by atoms with Crippen LogP contribution in [0.5, 0.6) is 0 Å². The zero-order valence-corrected chi connectivity index (χ0v) is 39.4. The van der Waals surface area contributed by atoms with E-state index in [4.69, 9.17) is 4.74 Å². The number of hydrogen-bond donors (Lipinski definition) is 3. The maximum Gasteiger partial charge on any atom is 0.305 e. The van der Waals surface area contributed by atoms with Crippen LogP contribution in [-0.2, 0) is 14.3 Å². The Balaban J connectivity index is 3.51. The molecule has 0 aliphatic rings. The molecule has 0 heterocycles. The van der Waals surface area contributed by atoms with Crippen LogP contribution in [0.4, 0.5) is 0 Å². The molecule has 0 saturated carbocycles. The van der Waals surface area contributed by atoms with E-state index >= 15 is 0 Å². The minimum Gasteiger partial charge on any atom is -0.466 e. The minimum atomic E-state index is -0.854. The minimum absolute atomic E-state index is 0.0257. The van der Waals surface area contributed by atoms with Crippen LogP contribution in [0, 0.1) is 0 Å². The van der Waals surface area contributed by atoms with Gasteiger partial charge >= 0.3 is 5.97 Å². The summed E-state index contributed by atoms with van der Waals surface area (Å²) in [5.74, 6) is -0.115. The molecule has 0 aliphatic carbocycles. The number of carbonyl (C=O) groups is 2. The summed E-state index contributed by atoms with van der Waals surface area (Å²) in [5, 5.41) is 22.9. The third-order valence-corrected chi connectivity index (χ3v) is 11.3. The third-order valence-electron chi connectivity index (χ3n) is 11.3. The topological polar surface area (TPSA) is 95.9 Å². The van der Waals surface area contributed by atoms with Crippen molar-refractivity contribution in [3.63, 3.8) is 0 Å². The molecule has 2 atom stereocenters. The van der Waals surface area contributed by atoms with E-state index in [1.165, 1.54) is 128 Å². The smallest absolute Gasteiger partial charge is 0.305 e. The highest BCUT2D eigenvalue weighted by Gasteiger charge is 2.18. The Bertz CT molecular complexity index is 1060. The SMILES string of the molecule is CCCCC/C=C\C/C=C\CCCCCCCCCC(=O)OCCCCC/C=C\C/C=C\CCCCCCCCCC(=O)NC(CO)C(O)/C=C/CCCCCCCCC. The molecule has 2 unspecified atom stereocenters. The van der Waals surface area contributed by atoms with Gasteiger partial charge in [-0.05, 0) is 103 Å². The van der Waals surface area contributed by atoms with Crippen LogP contribution in [0.1, 0.15) is 245 Å². The Labute approximate surface area is 371 Å². The molecule has 0 rings (SSSR count). The van der Waals surface area contributed by atoms with Gasteiger partial charge in [-0.2, -0.15) is 0 Å². The summed E-state index contributed by atoms with van der Waals surface area (Å²) in [6.07, 6.45) is 62.3. The zero-order valence-electron chi connectivity index (χ0n) is 39.4. The molecule has 0 aliphatic heterocycles. The summed E-state index contributed by atoms with van der Waals surface area (Å²) >= 11 is 0. The summed E-state index contributed by atoms with van der Waals surface area (Å²) in [7, 11) is 0. The quantitative estimate of drug-likeness (QED) is 0.0322. The molecule has 1 amide bonds. The van der Waals surface area contributed by atoms with E-state index in [-0.39, 0.29) is 18.5 Å². The van der Waals surface area contributed by atoms with E-state index in [2.05, 4.69) is 67.8 Å². The van der Waals surface area contributed by atoms with E-state index < -0.39 is 12.1 Å². The lowest BCUT2D eigenvalue weighted by Crippen LogP contribution is -2.45. The van der Waals surface area contributed by atoms with Gasteiger partial charge in [0.05, 0.1) is 25.4 Å². The number of unbranched alkanes of at least 4 members (excludes halogenated alkanes) is 27. The van der Waals surface area contributed by atoms with Gasteiger partial charge in [0.1, 0.15) is 0 Å². The molecule has 0 aromatic rings. The second kappa shape index (κ2) is 49.2. The fourth-order valence-electron chi connectivity index (χ4n) is 7.28. The maximum atomic E-state index is 12.4. The van der Waals surface area contributed by atoms with E-state index in [1.54, 1.807) is 6.08 Å². The Morgan fingerprint density at radius 1 is 0.467 bits per heavy atom. The van der Waals surface area contributed by atoms with Crippen molar-refractivity contribution < 1.29 is 24.5 Å². The highest BCUT2D eigenvalue weighted by Crippen LogP contribution is 2.13. The van der Waals surface area contributed by atoms with Crippen molar-refractivity contribution in [2.24, 2.45) is 0 Å². The van der Waals surface area contributed by atoms with Gasteiger partial charge in [0.15, 0.2) is 0 Å². The summed E-state index contributed by atoms with van der Waals surface area (Å²) in [6.45, 7) is 4.78. The molecule has 348 valence electrons. The molecule has 0 fully saturated rings. The molecule has 0 saturated heterocycles. The lowest BCUT2D eigenvalue weighted by atomic mass is 10.1. The second-order valence-electron chi connectivity index (χ2n) is 17.1. The molecular formula is C54H97NO5. The van der Waals surface area contributed by atoms with Crippen LogP contribution >= 0.6 is 0 Å². The standard InChI is InChI=1S/C54H97NO5/c1-3-5-7-9-11-13-14-15-16-18-22-25-28-32-36-40-44-48-54(59)60-49-45-41-37-33-29-26-23-20-17-19-21-24-27-31-35-39-43-47-53(58)55-51(50-56)52(57)46-42-38-34-30-12-10-8-6-4-2/h11,13,15-17,20,26,29,42,46,51-52,56-57H,3-10,12,14,18-19,21-25,27-28,30-41,43-45,47-50H2,1-2H3,(H,55,58)/b13-11-,16-15-,20-17-,29-26-,46-42+. The fraction of sp³-hybridized carbons (Fsp3) is 0.778. The average molecular weight is 840 g/mol. The summed E-state index contributed by atoms with van der Waals surface area (Å²) in [5.41, 5.74) is 0. The Kier molecular flexibility index (Phi) is 47.2.